The minimum atomic E-state index is -1.03. The first-order chi connectivity index (χ1) is 34.8. The number of nitrogens with one attached hydrogen (secondary N) is 4. The van der Waals surface area contributed by atoms with Gasteiger partial charge in [-0.25, -0.2) is 0 Å². The normalized spacial score (nSPS) is 17.7. The molecule has 0 spiro atoms. The Morgan fingerprint density at radius 1 is 0.764 bits per heavy atom. The highest BCUT2D eigenvalue weighted by molar-refractivity contribution is 6.12. The standard InChI is InChI=1S/C54H57N7O11/c1-30(57-49(62)15-9-10-16-50(63)64)51(65)58-31(2)52(66)59-36-18-32(28-71-47-24-41-39(22-45(47)69-3)53(67)60-37(26-55-41)20-34-11-5-7-13-43(34)60)17-33(19-36)29-72-48-25-42-40(23-46(48)70-4)54(68)61-38(27-56-42)21-35-12-6-8-14-44(35)61/h5-8,11-14,17-19,22-26,30-31,37-38,53,56,67H,9-10,15-16,20-21,27-29H2,1-4H3,(H,57,62)(H,58,65)(H,59,66)(H,63,64)/t30-,31-,37-,38-,53?/m0/s1. The molecule has 1 unspecified atom stereocenters. The van der Waals surface area contributed by atoms with E-state index in [-0.39, 0.29) is 44.0 Å². The second-order valence-electron chi connectivity index (χ2n) is 18.3. The summed E-state index contributed by atoms with van der Waals surface area (Å²) in [6, 6.07) is 25.9. The van der Waals surface area contributed by atoms with E-state index in [2.05, 4.69) is 27.3 Å². The second kappa shape index (κ2) is 21.1. The molecule has 0 saturated heterocycles. The number of ether oxygens (including phenoxy) is 4. The number of amides is 4. The van der Waals surface area contributed by atoms with Crippen LogP contribution in [0.2, 0.25) is 0 Å². The van der Waals surface area contributed by atoms with Crippen LogP contribution in [0.25, 0.3) is 0 Å². The molecule has 5 aromatic carbocycles. The first-order valence-electron chi connectivity index (χ1n) is 24.0. The van der Waals surface area contributed by atoms with Crippen molar-refractivity contribution in [3.8, 4) is 23.0 Å². The molecule has 0 radical (unpaired) electrons. The number of unbranched alkanes of at least 4 members (excludes halogenated alkanes) is 1. The molecule has 4 aliphatic rings. The number of aliphatic hydroxyl groups is 1. The minimum absolute atomic E-state index is 0.00268. The molecule has 4 aliphatic heterocycles. The Hall–Kier alpha value is -8.12. The highest BCUT2D eigenvalue weighted by atomic mass is 16.5. The molecule has 0 aliphatic carbocycles. The average Bonchev–Trinajstić information content (AvgIpc) is 3.86. The molecular formula is C54H57N7O11. The van der Waals surface area contributed by atoms with Crippen molar-refractivity contribution in [3.63, 3.8) is 0 Å². The lowest BCUT2D eigenvalue weighted by atomic mass is 10.1. The molecule has 0 fully saturated rings. The Kier molecular flexibility index (Phi) is 14.3. The number of nitrogens with zero attached hydrogens (tertiary/aromatic N) is 3. The van der Waals surface area contributed by atoms with E-state index in [1.165, 1.54) is 28.1 Å². The lowest BCUT2D eigenvalue weighted by Gasteiger charge is -2.29. The van der Waals surface area contributed by atoms with E-state index < -0.39 is 42.0 Å². The zero-order valence-electron chi connectivity index (χ0n) is 40.4. The van der Waals surface area contributed by atoms with Crippen LogP contribution in [-0.4, -0.2) is 91.0 Å². The molecule has 4 amide bonds. The van der Waals surface area contributed by atoms with Gasteiger partial charge in [0.1, 0.15) is 25.3 Å². The van der Waals surface area contributed by atoms with E-state index in [1.807, 2.05) is 64.5 Å². The average molecular weight is 980 g/mol. The molecular weight excluding hydrogens is 923 g/mol. The predicted molar refractivity (Wildman–Crippen MR) is 270 cm³/mol. The van der Waals surface area contributed by atoms with Gasteiger partial charge in [-0.05, 0) is 97.8 Å². The molecule has 9 rings (SSSR count). The number of hydrogen-bond donors (Lipinski definition) is 6. The fourth-order valence-corrected chi connectivity index (χ4v) is 9.68. The third kappa shape index (κ3) is 10.3. The number of aliphatic carboxylic acids is 1. The van der Waals surface area contributed by atoms with E-state index >= 15 is 0 Å². The molecule has 0 bridgehead atoms. The van der Waals surface area contributed by atoms with Crippen molar-refractivity contribution < 1.29 is 53.1 Å². The smallest absolute Gasteiger partial charge is 0.303 e. The Balaban J connectivity index is 0.938. The maximum Gasteiger partial charge on any atom is 0.303 e. The lowest BCUT2D eigenvalue weighted by molar-refractivity contribution is -0.137. The SMILES string of the molecule is COc1cc2c(cc1OCc1cc(COc3cc4c(cc3OC)C(=O)N3c5ccccc5C[C@H]3CN4)cc(NC(=O)[C@H](C)NC(=O)[C@H](C)NC(=O)CCCCC(=O)O)c1)N=C[C@@H]1Cc3ccccc3N1C2O. The van der Waals surface area contributed by atoms with Crippen LogP contribution in [0.1, 0.15) is 83.9 Å². The van der Waals surface area contributed by atoms with Gasteiger partial charge in [0.25, 0.3) is 5.91 Å². The fourth-order valence-electron chi connectivity index (χ4n) is 9.68. The van der Waals surface area contributed by atoms with Crippen molar-refractivity contribution in [2.45, 2.75) is 96.0 Å². The van der Waals surface area contributed by atoms with Crippen LogP contribution in [0, 0.1) is 0 Å². The Morgan fingerprint density at radius 2 is 1.40 bits per heavy atom. The quantitative estimate of drug-likeness (QED) is 0.0510. The number of carboxylic acid groups (broad SMARTS) is 1. The Bertz CT molecular complexity index is 2960. The number of hydrogen-bond acceptors (Lipinski definition) is 13. The monoisotopic (exact) mass is 979 g/mol. The number of benzene rings is 5. The molecule has 5 atom stereocenters. The van der Waals surface area contributed by atoms with Crippen LogP contribution < -0.4 is 50.0 Å². The van der Waals surface area contributed by atoms with Crippen LogP contribution in [-0.2, 0) is 45.2 Å². The number of para-hydroxylation sites is 2. The van der Waals surface area contributed by atoms with Crippen molar-refractivity contribution in [2.75, 3.05) is 41.2 Å². The summed E-state index contributed by atoms with van der Waals surface area (Å²) in [6.07, 6.45) is 2.96. The molecule has 4 heterocycles. The molecule has 72 heavy (non-hydrogen) atoms. The highest BCUT2D eigenvalue weighted by Gasteiger charge is 2.39. The van der Waals surface area contributed by atoms with E-state index in [0.717, 1.165) is 28.9 Å². The number of fused-ring (bicyclic) bond motifs is 8. The minimum Gasteiger partial charge on any atom is -0.493 e. The van der Waals surface area contributed by atoms with Gasteiger partial charge >= 0.3 is 5.97 Å². The van der Waals surface area contributed by atoms with Gasteiger partial charge in [0.2, 0.25) is 17.7 Å². The van der Waals surface area contributed by atoms with E-state index in [0.29, 0.717) is 88.1 Å². The summed E-state index contributed by atoms with van der Waals surface area (Å²) in [4.78, 5) is 72.7. The van der Waals surface area contributed by atoms with Crippen molar-refractivity contribution in [1.82, 2.24) is 10.6 Å². The highest BCUT2D eigenvalue weighted by Crippen LogP contribution is 2.46. The number of aliphatic imine (C=N–C) groups is 1. The Morgan fingerprint density at radius 3 is 2.11 bits per heavy atom. The van der Waals surface area contributed by atoms with Crippen molar-refractivity contribution in [3.05, 3.63) is 124 Å². The van der Waals surface area contributed by atoms with Crippen LogP contribution in [0.3, 0.4) is 0 Å². The largest absolute Gasteiger partial charge is 0.493 e. The van der Waals surface area contributed by atoms with Crippen LogP contribution in [0.4, 0.5) is 28.4 Å². The topological polar surface area (TPSA) is 230 Å². The van der Waals surface area contributed by atoms with E-state index in [4.69, 9.17) is 29.0 Å². The summed E-state index contributed by atoms with van der Waals surface area (Å²) in [7, 11) is 3.03. The van der Waals surface area contributed by atoms with Gasteiger partial charge in [0, 0.05) is 66.8 Å². The summed E-state index contributed by atoms with van der Waals surface area (Å²) in [6.45, 7) is 3.54. The predicted octanol–water partition coefficient (Wildman–Crippen LogP) is 6.59. The van der Waals surface area contributed by atoms with Crippen molar-refractivity contribution in [1.29, 1.82) is 0 Å². The first kappa shape index (κ1) is 48.9. The van der Waals surface area contributed by atoms with Gasteiger partial charge in [-0.15, -0.1) is 0 Å². The molecule has 5 aromatic rings. The number of carbonyl (C=O) groups is 5. The van der Waals surface area contributed by atoms with Crippen molar-refractivity contribution >= 4 is 64.2 Å². The number of carboxylic acids is 1. The molecule has 0 saturated carbocycles. The van der Waals surface area contributed by atoms with Crippen LogP contribution >= 0.6 is 0 Å². The summed E-state index contributed by atoms with van der Waals surface area (Å²) >= 11 is 0. The summed E-state index contributed by atoms with van der Waals surface area (Å²) in [5.41, 5.74) is 7.85. The molecule has 0 aromatic heterocycles. The van der Waals surface area contributed by atoms with Crippen LogP contribution in [0.5, 0.6) is 23.0 Å². The first-order valence-corrected chi connectivity index (χ1v) is 24.0. The number of methoxy groups -OCH3 is 2. The molecule has 18 nitrogen and oxygen atoms in total. The molecule has 6 N–H and O–H groups in total. The van der Waals surface area contributed by atoms with Gasteiger partial charge < -0.3 is 60.2 Å². The maximum absolute atomic E-state index is 14.1. The second-order valence-corrected chi connectivity index (χ2v) is 18.3. The zero-order chi connectivity index (χ0) is 50.6. The summed E-state index contributed by atoms with van der Waals surface area (Å²) in [5, 5.41) is 32.2. The maximum atomic E-state index is 14.1. The van der Waals surface area contributed by atoms with Gasteiger partial charge in [-0.3, -0.25) is 29.0 Å². The van der Waals surface area contributed by atoms with Crippen LogP contribution in [0.15, 0.2) is 96.0 Å². The lowest BCUT2D eigenvalue weighted by Crippen LogP contribution is -2.50. The van der Waals surface area contributed by atoms with Gasteiger partial charge in [0.05, 0.1) is 43.2 Å². The number of carbonyl (C=O) groups excluding carboxylic acids is 4. The van der Waals surface area contributed by atoms with Gasteiger partial charge in [-0.1, -0.05) is 36.4 Å². The van der Waals surface area contributed by atoms with Crippen molar-refractivity contribution in [2.24, 2.45) is 4.99 Å². The van der Waals surface area contributed by atoms with E-state index in [1.54, 1.807) is 36.4 Å². The Labute approximate surface area is 416 Å². The number of anilines is 4. The summed E-state index contributed by atoms with van der Waals surface area (Å²) in [5.74, 6) is -1.14. The zero-order valence-corrected chi connectivity index (χ0v) is 40.4. The molecule has 18 heteroatoms. The number of aliphatic hydroxyl groups excluding tert-OH is 1. The molecule has 374 valence electrons. The fraction of sp³-hybridized carbons (Fsp3) is 0.333. The third-order valence-corrected chi connectivity index (χ3v) is 13.3. The summed E-state index contributed by atoms with van der Waals surface area (Å²) < 4.78 is 24.4. The number of rotatable bonds is 18. The van der Waals surface area contributed by atoms with Gasteiger partial charge in [-0.2, -0.15) is 0 Å². The van der Waals surface area contributed by atoms with Gasteiger partial charge in [0.15, 0.2) is 29.2 Å². The van der Waals surface area contributed by atoms with E-state index in [9.17, 15) is 29.1 Å². The third-order valence-electron chi connectivity index (χ3n) is 13.3.